The highest BCUT2D eigenvalue weighted by Gasteiger charge is 2.26. The second-order valence-corrected chi connectivity index (χ2v) is 5.85. The molecular weight excluding hydrogens is 268 g/mol. The summed E-state index contributed by atoms with van der Waals surface area (Å²) in [6.07, 6.45) is 0.912. The maximum absolute atomic E-state index is 12.3. The predicted molar refractivity (Wildman–Crippen MR) is 81.3 cm³/mol. The van der Waals surface area contributed by atoms with Gasteiger partial charge >= 0.3 is 12.0 Å². The maximum Gasteiger partial charge on any atom is 0.321 e. The number of carboxylic acid groups (broad SMARTS) is 1. The summed E-state index contributed by atoms with van der Waals surface area (Å²) in [6, 6.07) is 6.89. The number of para-hydroxylation sites is 1. The van der Waals surface area contributed by atoms with Gasteiger partial charge in [0.2, 0.25) is 0 Å². The van der Waals surface area contributed by atoms with Crippen LogP contribution in [0.1, 0.15) is 25.8 Å². The van der Waals surface area contributed by atoms with Gasteiger partial charge in [-0.05, 0) is 29.9 Å². The molecule has 1 saturated heterocycles. The van der Waals surface area contributed by atoms with Crippen molar-refractivity contribution in [1.82, 2.24) is 4.90 Å². The summed E-state index contributed by atoms with van der Waals surface area (Å²) in [6.45, 7) is 5.86. The molecule has 2 unspecified atom stereocenters. The second-order valence-electron chi connectivity index (χ2n) is 5.85. The minimum absolute atomic E-state index is 0.0934. The number of carbonyl (C=O) groups excluding carboxylic acids is 1. The molecule has 0 aromatic heterocycles. The molecule has 2 atom stereocenters. The Morgan fingerprint density at radius 3 is 2.67 bits per heavy atom. The van der Waals surface area contributed by atoms with Gasteiger partial charge < -0.3 is 15.3 Å². The van der Waals surface area contributed by atoms with Crippen molar-refractivity contribution in [2.45, 2.75) is 26.7 Å². The number of nitrogens with zero attached hydrogens (tertiary/aromatic N) is 1. The van der Waals surface area contributed by atoms with Crippen molar-refractivity contribution >= 4 is 17.7 Å². The molecule has 0 aliphatic carbocycles. The van der Waals surface area contributed by atoms with Crippen molar-refractivity contribution in [3.63, 3.8) is 0 Å². The molecule has 2 amide bonds. The molecule has 21 heavy (non-hydrogen) atoms. The van der Waals surface area contributed by atoms with Crippen molar-refractivity contribution in [1.29, 1.82) is 0 Å². The lowest BCUT2D eigenvalue weighted by Gasteiger charge is -2.35. The third kappa shape index (κ3) is 3.97. The summed E-state index contributed by atoms with van der Waals surface area (Å²) in [5, 5.41) is 11.8. The summed E-state index contributed by atoms with van der Waals surface area (Å²) in [7, 11) is 0. The van der Waals surface area contributed by atoms with Gasteiger partial charge in [-0.3, -0.25) is 4.79 Å². The highest BCUT2D eigenvalue weighted by Crippen LogP contribution is 2.23. The number of hydrogen-bond acceptors (Lipinski definition) is 2. The molecule has 0 saturated carbocycles. The molecule has 0 bridgehead atoms. The van der Waals surface area contributed by atoms with E-state index >= 15 is 0 Å². The average molecular weight is 290 g/mol. The first-order valence-electron chi connectivity index (χ1n) is 7.33. The van der Waals surface area contributed by atoms with E-state index in [1.807, 2.05) is 4.90 Å². The molecule has 1 aliphatic rings. The van der Waals surface area contributed by atoms with E-state index in [-0.39, 0.29) is 12.5 Å². The lowest BCUT2D eigenvalue weighted by atomic mass is 9.89. The fraction of sp³-hybridized carbons (Fsp3) is 0.500. The lowest BCUT2D eigenvalue weighted by Crippen LogP contribution is -2.44. The first kappa shape index (κ1) is 15.4. The number of likely N-dealkylation sites (tertiary alicyclic amines) is 1. The van der Waals surface area contributed by atoms with Crippen LogP contribution in [0.3, 0.4) is 0 Å². The van der Waals surface area contributed by atoms with E-state index in [4.69, 9.17) is 5.11 Å². The predicted octanol–water partition coefficient (Wildman–Crippen LogP) is 2.82. The van der Waals surface area contributed by atoms with Crippen LogP contribution in [0.4, 0.5) is 10.5 Å². The zero-order valence-corrected chi connectivity index (χ0v) is 12.5. The molecule has 1 fully saturated rings. The van der Waals surface area contributed by atoms with Gasteiger partial charge in [0.15, 0.2) is 0 Å². The highest BCUT2D eigenvalue weighted by atomic mass is 16.4. The summed E-state index contributed by atoms with van der Waals surface area (Å²) in [5.41, 5.74) is 1.20. The molecule has 2 N–H and O–H groups in total. The molecule has 1 aromatic carbocycles. The Morgan fingerprint density at radius 2 is 2.00 bits per heavy atom. The summed E-state index contributed by atoms with van der Waals surface area (Å²) in [5.74, 6) is 0.212. The first-order valence-corrected chi connectivity index (χ1v) is 7.33. The molecule has 1 aliphatic heterocycles. The van der Waals surface area contributed by atoms with Gasteiger partial charge in [0.1, 0.15) is 0 Å². The lowest BCUT2D eigenvalue weighted by molar-refractivity contribution is -0.136. The normalized spacial score (nSPS) is 21.9. The number of urea groups is 1. The van der Waals surface area contributed by atoms with E-state index in [9.17, 15) is 9.59 Å². The monoisotopic (exact) mass is 290 g/mol. The number of amides is 2. The molecule has 0 spiro atoms. The summed E-state index contributed by atoms with van der Waals surface area (Å²) in [4.78, 5) is 25.0. The fourth-order valence-electron chi connectivity index (χ4n) is 2.60. The van der Waals surface area contributed by atoms with Crippen LogP contribution >= 0.6 is 0 Å². The van der Waals surface area contributed by atoms with E-state index in [2.05, 4.69) is 19.2 Å². The number of carboxylic acids is 1. The Balaban J connectivity index is 2.04. The van der Waals surface area contributed by atoms with Gasteiger partial charge in [-0.15, -0.1) is 0 Å². The van der Waals surface area contributed by atoms with Crippen LogP contribution in [0, 0.1) is 11.8 Å². The van der Waals surface area contributed by atoms with Crippen LogP contribution < -0.4 is 5.32 Å². The maximum atomic E-state index is 12.3. The molecule has 5 nitrogen and oxygen atoms in total. The second kappa shape index (κ2) is 6.61. The van der Waals surface area contributed by atoms with Crippen LogP contribution in [-0.4, -0.2) is 35.1 Å². The van der Waals surface area contributed by atoms with Crippen molar-refractivity contribution in [3.05, 3.63) is 29.8 Å². The van der Waals surface area contributed by atoms with Crippen LogP contribution in [-0.2, 0) is 11.2 Å². The van der Waals surface area contributed by atoms with Crippen molar-refractivity contribution in [2.75, 3.05) is 18.4 Å². The average Bonchev–Trinajstić information content (AvgIpc) is 2.43. The number of piperidine rings is 1. The van der Waals surface area contributed by atoms with E-state index in [1.54, 1.807) is 24.3 Å². The van der Waals surface area contributed by atoms with Gasteiger partial charge in [0.25, 0.3) is 0 Å². The Labute approximate surface area is 125 Å². The van der Waals surface area contributed by atoms with Crippen LogP contribution in [0.2, 0.25) is 0 Å². The molecular formula is C16H22N2O3. The van der Waals surface area contributed by atoms with E-state index in [0.717, 1.165) is 19.5 Å². The minimum atomic E-state index is -0.905. The minimum Gasteiger partial charge on any atom is -0.481 e. The molecule has 2 rings (SSSR count). The molecule has 0 radical (unpaired) electrons. The number of benzene rings is 1. The van der Waals surface area contributed by atoms with Gasteiger partial charge in [-0.2, -0.15) is 0 Å². The van der Waals surface area contributed by atoms with Gasteiger partial charge in [-0.25, -0.2) is 4.79 Å². The van der Waals surface area contributed by atoms with E-state index in [1.165, 1.54) is 0 Å². The fourth-order valence-corrected chi connectivity index (χ4v) is 2.60. The topological polar surface area (TPSA) is 69.6 Å². The number of nitrogens with one attached hydrogen (secondary N) is 1. The summed E-state index contributed by atoms with van der Waals surface area (Å²) < 4.78 is 0. The largest absolute Gasteiger partial charge is 0.481 e. The number of carbonyl (C=O) groups is 2. The number of anilines is 1. The quantitative estimate of drug-likeness (QED) is 0.899. The number of hydrogen-bond donors (Lipinski definition) is 2. The highest BCUT2D eigenvalue weighted by molar-refractivity contribution is 5.91. The van der Waals surface area contributed by atoms with Gasteiger partial charge in [-0.1, -0.05) is 32.0 Å². The third-order valence-electron chi connectivity index (χ3n) is 4.22. The smallest absolute Gasteiger partial charge is 0.321 e. The van der Waals surface area contributed by atoms with Crippen molar-refractivity contribution < 1.29 is 14.7 Å². The Kier molecular flexibility index (Phi) is 4.83. The Morgan fingerprint density at radius 1 is 1.29 bits per heavy atom. The zero-order valence-electron chi connectivity index (χ0n) is 12.5. The molecule has 1 heterocycles. The molecule has 5 heteroatoms. The van der Waals surface area contributed by atoms with E-state index < -0.39 is 5.97 Å². The summed E-state index contributed by atoms with van der Waals surface area (Å²) >= 11 is 0. The standard InChI is InChI=1S/C16H22N2O3/c1-11-7-8-18(10-12(11)2)16(21)17-14-6-4-3-5-13(14)9-15(19)20/h3-6,11-12H,7-10H2,1-2H3,(H,17,21)(H,19,20). The van der Waals surface area contributed by atoms with Crippen molar-refractivity contribution in [3.8, 4) is 0 Å². The SMILES string of the molecule is CC1CCN(C(=O)Nc2ccccc2CC(=O)O)CC1C. The zero-order chi connectivity index (χ0) is 15.4. The van der Waals surface area contributed by atoms with Crippen LogP contribution in [0.15, 0.2) is 24.3 Å². The van der Waals surface area contributed by atoms with Crippen LogP contribution in [0.5, 0.6) is 0 Å². The van der Waals surface area contributed by atoms with Gasteiger partial charge in [0, 0.05) is 18.8 Å². The number of aliphatic carboxylic acids is 1. The third-order valence-corrected chi connectivity index (χ3v) is 4.22. The van der Waals surface area contributed by atoms with Crippen LogP contribution in [0.25, 0.3) is 0 Å². The number of rotatable bonds is 3. The van der Waals surface area contributed by atoms with Crippen molar-refractivity contribution in [2.24, 2.45) is 11.8 Å². The molecule has 1 aromatic rings. The Bertz CT molecular complexity index is 530. The van der Waals surface area contributed by atoms with Gasteiger partial charge in [0.05, 0.1) is 6.42 Å². The molecule has 114 valence electrons. The Hall–Kier alpha value is -2.04. The first-order chi connectivity index (χ1) is 9.97. The van der Waals surface area contributed by atoms with E-state index in [0.29, 0.717) is 23.1 Å².